The quantitative estimate of drug-likeness (QED) is 0.317. The molecule has 8 heteroatoms. The van der Waals surface area contributed by atoms with E-state index in [-0.39, 0.29) is 24.0 Å². The fourth-order valence-corrected chi connectivity index (χ4v) is 3.57. The number of hydrogen-bond donors (Lipinski definition) is 2. The molecule has 2 aromatic carbocycles. The van der Waals surface area contributed by atoms with Gasteiger partial charge in [-0.05, 0) is 43.7 Å². The highest BCUT2D eigenvalue weighted by Gasteiger charge is 2.21. The van der Waals surface area contributed by atoms with Gasteiger partial charge in [-0.1, -0.05) is 18.2 Å². The highest BCUT2D eigenvalue weighted by atomic mass is 127. The lowest BCUT2D eigenvalue weighted by atomic mass is 10.2. The number of guanidine groups is 1. The van der Waals surface area contributed by atoms with Gasteiger partial charge in [-0.15, -0.1) is 24.0 Å². The largest absolute Gasteiger partial charge is 0.506 e. The van der Waals surface area contributed by atoms with E-state index in [9.17, 15) is 5.11 Å². The molecule has 0 unspecified atom stereocenters. The predicted octanol–water partition coefficient (Wildman–Crippen LogP) is 3.71. The van der Waals surface area contributed by atoms with Crippen LogP contribution in [0.2, 0.25) is 0 Å². The molecule has 3 rings (SSSR count). The van der Waals surface area contributed by atoms with Gasteiger partial charge in [0, 0.05) is 32.7 Å². The van der Waals surface area contributed by atoms with E-state index >= 15 is 0 Å². The van der Waals surface area contributed by atoms with Crippen LogP contribution >= 0.6 is 24.0 Å². The van der Waals surface area contributed by atoms with E-state index in [1.807, 2.05) is 43.3 Å². The molecule has 0 aliphatic carbocycles. The lowest BCUT2D eigenvalue weighted by Gasteiger charge is -2.37. The number of ether oxygens (including phenoxy) is 2. The maximum atomic E-state index is 10.1. The molecular formula is C23H33IN4O3. The summed E-state index contributed by atoms with van der Waals surface area (Å²) in [5.41, 5.74) is 1.96. The zero-order valence-corrected chi connectivity index (χ0v) is 20.8. The van der Waals surface area contributed by atoms with Crippen molar-refractivity contribution in [2.24, 2.45) is 4.99 Å². The summed E-state index contributed by atoms with van der Waals surface area (Å²) >= 11 is 0. The van der Waals surface area contributed by atoms with Gasteiger partial charge in [-0.2, -0.15) is 0 Å². The fourth-order valence-electron chi connectivity index (χ4n) is 3.57. The molecule has 1 aliphatic rings. The highest BCUT2D eigenvalue weighted by Crippen LogP contribution is 2.29. The number of anilines is 1. The number of phenolic OH excluding ortho intramolecular Hbond substituents is 1. The zero-order chi connectivity index (χ0) is 21.3. The normalized spacial score (nSPS) is 14.1. The van der Waals surface area contributed by atoms with E-state index in [4.69, 9.17) is 14.5 Å². The summed E-state index contributed by atoms with van der Waals surface area (Å²) in [7, 11) is 1.65. The van der Waals surface area contributed by atoms with Crippen molar-refractivity contribution in [3.05, 3.63) is 48.0 Å². The number of halogens is 1. The summed E-state index contributed by atoms with van der Waals surface area (Å²) in [5, 5.41) is 13.5. The first-order chi connectivity index (χ1) is 14.7. The number of piperazine rings is 1. The molecule has 0 amide bonds. The Morgan fingerprint density at radius 3 is 2.45 bits per heavy atom. The number of rotatable bonds is 7. The maximum absolute atomic E-state index is 10.1. The minimum Gasteiger partial charge on any atom is -0.506 e. The molecule has 2 aromatic rings. The van der Waals surface area contributed by atoms with E-state index in [1.54, 1.807) is 13.2 Å². The molecule has 170 valence electrons. The van der Waals surface area contributed by atoms with Crippen LogP contribution in [0.1, 0.15) is 19.4 Å². The second kappa shape index (κ2) is 12.5. The molecule has 1 saturated heterocycles. The summed E-state index contributed by atoms with van der Waals surface area (Å²) in [6.07, 6.45) is 0. The molecule has 1 heterocycles. The van der Waals surface area contributed by atoms with Gasteiger partial charge in [-0.3, -0.25) is 0 Å². The Morgan fingerprint density at radius 2 is 1.81 bits per heavy atom. The van der Waals surface area contributed by atoms with Gasteiger partial charge >= 0.3 is 0 Å². The Hall–Kier alpha value is -2.36. The van der Waals surface area contributed by atoms with E-state index in [0.717, 1.165) is 61.4 Å². The molecule has 0 spiro atoms. The number of nitrogens with zero attached hydrogens (tertiary/aromatic N) is 3. The molecule has 0 aromatic heterocycles. The van der Waals surface area contributed by atoms with Crippen molar-refractivity contribution in [2.75, 3.05) is 51.3 Å². The van der Waals surface area contributed by atoms with Crippen molar-refractivity contribution in [1.82, 2.24) is 10.2 Å². The summed E-state index contributed by atoms with van der Waals surface area (Å²) < 4.78 is 11.0. The third-order valence-corrected chi connectivity index (χ3v) is 5.08. The molecule has 7 nitrogen and oxygen atoms in total. The molecular weight excluding hydrogens is 507 g/mol. The standard InChI is InChI=1S/C23H32N4O3.HI/c1-4-24-23(25-17-18-10-11-21(29-3)22(16-18)30-5-2)27-14-12-26(13-15-27)19-8-6-7-9-20(19)28;/h6-11,16,28H,4-5,12-15,17H2,1-3H3,(H,24,25);1H. The van der Waals surface area contributed by atoms with Crippen LogP contribution in [0.3, 0.4) is 0 Å². The fraction of sp³-hybridized carbons (Fsp3) is 0.435. The Bertz CT molecular complexity index is 854. The SMILES string of the molecule is CCNC(=NCc1ccc(OC)c(OCC)c1)N1CCN(c2ccccc2O)CC1.I. The minimum atomic E-state index is 0. The topological polar surface area (TPSA) is 69.6 Å². The number of phenols is 1. The van der Waals surface area contributed by atoms with Gasteiger partial charge < -0.3 is 29.7 Å². The summed E-state index contributed by atoms with van der Waals surface area (Å²) in [6, 6.07) is 13.4. The first-order valence-corrected chi connectivity index (χ1v) is 10.5. The monoisotopic (exact) mass is 540 g/mol. The maximum Gasteiger partial charge on any atom is 0.194 e. The van der Waals surface area contributed by atoms with Gasteiger partial charge in [-0.25, -0.2) is 4.99 Å². The van der Waals surface area contributed by atoms with Gasteiger partial charge in [0.2, 0.25) is 0 Å². The second-order valence-corrected chi connectivity index (χ2v) is 7.05. The van der Waals surface area contributed by atoms with Crippen molar-refractivity contribution < 1.29 is 14.6 Å². The van der Waals surface area contributed by atoms with E-state index in [0.29, 0.717) is 18.9 Å². The van der Waals surface area contributed by atoms with Crippen LogP contribution in [0.25, 0.3) is 0 Å². The Labute approximate surface area is 202 Å². The van der Waals surface area contributed by atoms with Gasteiger partial charge in [0.25, 0.3) is 0 Å². The van der Waals surface area contributed by atoms with Crippen molar-refractivity contribution >= 4 is 35.6 Å². The number of aromatic hydroxyl groups is 1. The van der Waals surface area contributed by atoms with Crippen LogP contribution in [0.15, 0.2) is 47.5 Å². The number of methoxy groups -OCH3 is 1. The highest BCUT2D eigenvalue weighted by molar-refractivity contribution is 14.0. The molecule has 1 fully saturated rings. The molecule has 0 atom stereocenters. The Balaban J connectivity index is 0.00000341. The van der Waals surface area contributed by atoms with Crippen LogP contribution < -0.4 is 19.7 Å². The van der Waals surface area contributed by atoms with Crippen LogP contribution in [0.5, 0.6) is 17.2 Å². The molecule has 0 saturated carbocycles. The van der Waals surface area contributed by atoms with Crippen molar-refractivity contribution in [1.29, 1.82) is 0 Å². The number of aliphatic imine (C=N–C) groups is 1. The average molecular weight is 540 g/mol. The van der Waals surface area contributed by atoms with Crippen LogP contribution in [0, 0.1) is 0 Å². The molecule has 31 heavy (non-hydrogen) atoms. The first-order valence-electron chi connectivity index (χ1n) is 10.5. The molecule has 2 N–H and O–H groups in total. The van der Waals surface area contributed by atoms with Gasteiger partial charge in [0.15, 0.2) is 17.5 Å². The average Bonchev–Trinajstić information content (AvgIpc) is 2.77. The summed E-state index contributed by atoms with van der Waals surface area (Å²) in [6.45, 7) is 9.35. The number of nitrogens with one attached hydrogen (secondary N) is 1. The van der Waals surface area contributed by atoms with Crippen molar-refractivity contribution in [2.45, 2.75) is 20.4 Å². The lowest BCUT2D eigenvalue weighted by Crippen LogP contribution is -2.52. The zero-order valence-electron chi connectivity index (χ0n) is 18.5. The molecule has 0 radical (unpaired) electrons. The van der Waals surface area contributed by atoms with Gasteiger partial charge in [0.1, 0.15) is 5.75 Å². The summed E-state index contributed by atoms with van der Waals surface area (Å²) in [5.74, 6) is 2.71. The van der Waals surface area contributed by atoms with E-state index in [1.165, 1.54) is 0 Å². The van der Waals surface area contributed by atoms with E-state index < -0.39 is 0 Å². The lowest BCUT2D eigenvalue weighted by molar-refractivity contribution is 0.310. The number of hydrogen-bond acceptors (Lipinski definition) is 5. The number of benzene rings is 2. The third kappa shape index (κ3) is 6.56. The van der Waals surface area contributed by atoms with Crippen molar-refractivity contribution in [3.8, 4) is 17.2 Å². The van der Waals surface area contributed by atoms with Crippen molar-refractivity contribution in [3.63, 3.8) is 0 Å². The van der Waals surface area contributed by atoms with Crippen LogP contribution in [-0.4, -0.2) is 62.4 Å². The molecule has 1 aliphatic heterocycles. The minimum absolute atomic E-state index is 0. The van der Waals surface area contributed by atoms with Crippen LogP contribution in [0.4, 0.5) is 5.69 Å². The first kappa shape index (κ1) is 24.9. The smallest absolute Gasteiger partial charge is 0.194 e. The Kier molecular flexibility index (Phi) is 10.0. The Morgan fingerprint density at radius 1 is 1.06 bits per heavy atom. The van der Waals surface area contributed by atoms with Crippen LogP contribution in [-0.2, 0) is 6.54 Å². The summed E-state index contributed by atoms with van der Waals surface area (Å²) in [4.78, 5) is 9.33. The van der Waals surface area contributed by atoms with E-state index in [2.05, 4.69) is 22.0 Å². The van der Waals surface area contributed by atoms with Gasteiger partial charge in [0.05, 0.1) is 25.9 Å². The second-order valence-electron chi connectivity index (χ2n) is 7.05. The third-order valence-electron chi connectivity index (χ3n) is 5.08. The molecule has 0 bridgehead atoms. The predicted molar refractivity (Wildman–Crippen MR) is 136 cm³/mol. The number of para-hydroxylation sites is 2.